The molecule has 0 aliphatic carbocycles. The van der Waals surface area contributed by atoms with Gasteiger partial charge < -0.3 is 35.1 Å². The molecule has 1 heterocycles. The van der Waals surface area contributed by atoms with Crippen LogP contribution in [0.2, 0.25) is 0 Å². The van der Waals surface area contributed by atoms with Crippen molar-refractivity contribution in [2.75, 3.05) is 19.5 Å². The number of thioether (sulfide) groups is 1. The van der Waals surface area contributed by atoms with Crippen molar-refractivity contribution in [3.63, 3.8) is 0 Å². The lowest BCUT2D eigenvalue weighted by Crippen LogP contribution is -2.55. The van der Waals surface area contributed by atoms with Crippen LogP contribution in [0, 0.1) is 6.92 Å². The number of phenolic OH excluding ortho intramolecular Hbond substituents is 2. The molecule has 1 aromatic rings. The van der Waals surface area contributed by atoms with Gasteiger partial charge in [-0.1, -0.05) is 0 Å². The monoisotopic (exact) mass is 484 g/mol. The Bertz CT molecular complexity index is 943. The molecule has 1 aliphatic heterocycles. The normalized spacial score (nSPS) is 19.7. The number of carbonyl (C=O) groups is 4. The van der Waals surface area contributed by atoms with E-state index < -0.39 is 48.2 Å². The second-order valence-electron chi connectivity index (χ2n) is 8.29. The second kappa shape index (κ2) is 10.6. The summed E-state index contributed by atoms with van der Waals surface area (Å²) < 4.78 is 15.2. The summed E-state index contributed by atoms with van der Waals surface area (Å²) in [6, 6.07) is -1.36. The van der Waals surface area contributed by atoms with Gasteiger partial charge in [0.05, 0.1) is 12.7 Å². The van der Waals surface area contributed by atoms with E-state index in [1.807, 2.05) is 0 Å². The van der Waals surface area contributed by atoms with Crippen LogP contribution in [-0.2, 0) is 29.6 Å². The molecule has 0 bridgehead atoms. The minimum atomic E-state index is -1.39. The van der Waals surface area contributed by atoms with Crippen LogP contribution in [0.3, 0.4) is 0 Å². The first-order valence-electron chi connectivity index (χ1n) is 10.0. The summed E-state index contributed by atoms with van der Waals surface area (Å²) in [5.74, 6) is -2.91. The molecule has 0 unspecified atom stereocenters. The van der Waals surface area contributed by atoms with Crippen molar-refractivity contribution in [3.8, 4) is 11.5 Å². The lowest BCUT2D eigenvalue weighted by Gasteiger charge is -2.25. The summed E-state index contributed by atoms with van der Waals surface area (Å²) in [6.45, 7) is 5.79. The number of ether oxygens (including phenoxy) is 3. The van der Waals surface area contributed by atoms with Crippen molar-refractivity contribution in [2.24, 2.45) is 0 Å². The van der Waals surface area contributed by atoms with Crippen LogP contribution in [-0.4, -0.2) is 71.3 Å². The van der Waals surface area contributed by atoms with Gasteiger partial charge in [0.2, 0.25) is 5.91 Å². The van der Waals surface area contributed by atoms with E-state index in [9.17, 15) is 29.4 Å². The summed E-state index contributed by atoms with van der Waals surface area (Å²) in [7, 11) is 1.17. The topological polar surface area (TPSA) is 160 Å². The van der Waals surface area contributed by atoms with Gasteiger partial charge in [-0.05, 0) is 27.7 Å². The molecule has 4 N–H and O–H groups in total. The first kappa shape index (κ1) is 26.1. The van der Waals surface area contributed by atoms with Crippen molar-refractivity contribution in [1.82, 2.24) is 10.6 Å². The number of aromatic hydroxyl groups is 2. The first-order chi connectivity index (χ1) is 15.3. The number of hydrogen-bond acceptors (Lipinski definition) is 10. The van der Waals surface area contributed by atoms with Gasteiger partial charge >= 0.3 is 18.0 Å². The van der Waals surface area contributed by atoms with E-state index in [1.165, 1.54) is 14.0 Å². The molecule has 0 aromatic heterocycles. The zero-order valence-corrected chi connectivity index (χ0v) is 19.8. The average Bonchev–Trinajstić information content (AvgIpc) is 2.70. The van der Waals surface area contributed by atoms with Gasteiger partial charge in [0.25, 0.3) is 0 Å². The lowest BCUT2D eigenvalue weighted by atomic mass is 10.0. The molecule has 12 heteroatoms. The SMILES string of the molecule is COC(=O)[C@H]1CSCc2c(O)cc(O)c(C)c2C(=O)OC[C@@H](NC(=O)OC(C)(C)C)C(=O)N1. The van der Waals surface area contributed by atoms with Crippen LogP contribution < -0.4 is 10.6 Å². The van der Waals surface area contributed by atoms with Gasteiger partial charge in [0, 0.05) is 28.7 Å². The number of phenols is 2. The number of benzene rings is 1. The predicted octanol–water partition coefficient (Wildman–Crippen LogP) is 1.36. The van der Waals surface area contributed by atoms with Crippen molar-refractivity contribution in [3.05, 3.63) is 22.8 Å². The molecule has 11 nitrogen and oxygen atoms in total. The Labute approximate surface area is 195 Å². The van der Waals surface area contributed by atoms with Gasteiger partial charge in [0.1, 0.15) is 35.8 Å². The predicted molar refractivity (Wildman–Crippen MR) is 118 cm³/mol. The highest BCUT2D eigenvalue weighted by Crippen LogP contribution is 2.35. The van der Waals surface area contributed by atoms with Crippen LogP contribution in [0.25, 0.3) is 0 Å². The number of cyclic esters (lactones) is 1. The fourth-order valence-corrected chi connectivity index (χ4v) is 4.03. The number of fused-ring (bicyclic) bond motifs is 1. The van der Waals surface area contributed by atoms with Gasteiger partial charge in [-0.3, -0.25) is 4.79 Å². The highest BCUT2D eigenvalue weighted by Gasteiger charge is 2.32. The van der Waals surface area contributed by atoms with E-state index in [2.05, 4.69) is 10.6 Å². The molecule has 2 rings (SSSR count). The molecule has 2 amide bonds. The van der Waals surface area contributed by atoms with Crippen LogP contribution in [0.1, 0.15) is 42.3 Å². The van der Waals surface area contributed by atoms with Crippen LogP contribution in [0.4, 0.5) is 4.79 Å². The molecular weight excluding hydrogens is 456 g/mol. The number of carbonyl (C=O) groups excluding carboxylic acids is 4. The number of esters is 2. The zero-order valence-electron chi connectivity index (χ0n) is 19.0. The maximum Gasteiger partial charge on any atom is 0.408 e. The molecule has 33 heavy (non-hydrogen) atoms. The molecule has 182 valence electrons. The third-order valence-electron chi connectivity index (χ3n) is 4.57. The molecule has 0 saturated carbocycles. The second-order valence-corrected chi connectivity index (χ2v) is 9.32. The lowest BCUT2D eigenvalue weighted by molar-refractivity contribution is -0.144. The Hall–Kier alpha value is -3.15. The maximum atomic E-state index is 12.8. The van der Waals surface area contributed by atoms with E-state index in [1.54, 1.807) is 20.8 Å². The highest BCUT2D eigenvalue weighted by molar-refractivity contribution is 7.98. The van der Waals surface area contributed by atoms with E-state index >= 15 is 0 Å². The number of rotatable bonds is 2. The van der Waals surface area contributed by atoms with Gasteiger partial charge in [-0.25, -0.2) is 14.4 Å². The Morgan fingerprint density at radius 1 is 1.24 bits per heavy atom. The Kier molecular flexibility index (Phi) is 8.42. The third kappa shape index (κ3) is 6.91. The largest absolute Gasteiger partial charge is 0.508 e. The van der Waals surface area contributed by atoms with Crippen LogP contribution in [0.15, 0.2) is 6.07 Å². The third-order valence-corrected chi connectivity index (χ3v) is 5.63. The smallest absolute Gasteiger partial charge is 0.408 e. The standard InChI is InChI=1S/C21H28N2O9S/c1-10-14(24)6-15(25)11-8-33-9-13(18(27)30-5)22-17(26)12(7-31-19(28)16(10)11)23-20(29)32-21(2,3)4/h6,12-13,24-25H,7-9H2,1-5H3,(H,22,26)(H,23,29)/t12-,13-/m1/s1. The van der Waals surface area contributed by atoms with Gasteiger partial charge in [0.15, 0.2) is 0 Å². The molecule has 0 saturated heterocycles. The fraction of sp³-hybridized carbons (Fsp3) is 0.524. The maximum absolute atomic E-state index is 12.8. The number of amides is 2. The van der Waals surface area contributed by atoms with Gasteiger partial charge in [-0.2, -0.15) is 11.8 Å². The Balaban J connectivity index is 2.42. The van der Waals surface area contributed by atoms with E-state index in [4.69, 9.17) is 14.2 Å². The van der Waals surface area contributed by atoms with E-state index in [0.29, 0.717) is 0 Å². The molecule has 1 aromatic carbocycles. The summed E-state index contributed by atoms with van der Waals surface area (Å²) in [4.78, 5) is 50.1. The quantitative estimate of drug-likeness (QED) is 0.356. The number of hydrogen-bond donors (Lipinski definition) is 4. The van der Waals surface area contributed by atoms with Gasteiger partial charge in [-0.15, -0.1) is 0 Å². The molecule has 1 aliphatic rings. The zero-order chi connectivity index (χ0) is 24.9. The van der Waals surface area contributed by atoms with Crippen molar-refractivity contribution in [1.29, 1.82) is 0 Å². The Morgan fingerprint density at radius 2 is 1.91 bits per heavy atom. The number of methoxy groups -OCH3 is 1. The van der Waals surface area contributed by atoms with Crippen LogP contribution in [0.5, 0.6) is 11.5 Å². The fourth-order valence-electron chi connectivity index (χ4n) is 2.96. The summed E-state index contributed by atoms with van der Waals surface area (Å²) in [6.07, 6.45) is -0.929. The average molecular weight is 485 g/mol. The summed E-state index contributed by atoms with van der Waals surface area (Å²) in [5.41, 5.74) is -0.533. The minimum Gasteiger partial charge on any atom is -0.508 e. The first-order valence-corrected chi connectivity index (χ1v) is 11.2. The number of nitrogens with one attached hydrogen (secondary N) is 2. The number of alkyl carbamates (subject to hydrolysis) is 1. The van der Waals surface area contributed by atoms with Crippen molar-refractivity contribution in [2.45, 2.75) is 51.1 Å². The molecular formula is C21H28N2O9S. The molecule has 0 spiro atoms. The molecule has 0 fully saturated rings. The van der Waals surface area contributed by atoms with Crippen molar-refractivity contribution < 1.29 is 43.6 Å². The molecule has 2 atom stereocenters. The van der Waals surface area contributed by atoms with Crippen LogP contribution >= 0.6 is 11.8 Å². The Morgan fingerprint density at radius 3 is 2.52 bits per heavy atom. The van der Waals surface area contributed by atoms with E-state index in [-0.39, 0.29) is 39.7 Å². The molecule has 0 radical (unpaired) electrons. The minimum absolute atomic E-state index is 0.0470. The summed E-state index contributed by atoms with van der Waals surface area (Å²) >= 11 is 1.14. The highest BCUT2D eigenvalue weighted by atomic mass is 32.2. The van der Waals surface area contributed by atoms with E-state index in [0.717, 1.165) is 17.8 Å². The summed E-state index contributed by atoms with van der Waals surface area (Å²) in [5, 5.41) is 25.2. The van der Waals surface area contributed by atoms with Crippen molar-refractivity contribution >= 4 is 35.7 Å².